The fourth-order valence-corrected chi connectivity index (χ4v) is 2.54. The number of nitrogens with one attached hydrogen (secondary N) is 1. The van der Waals surface area contributed by atoms with E-state index in [0.717, 1.165) is 17.7 Å². The summed E-state index contributed by atoms with van der Waals surface area (Å²) in [5, 5.41) is 5.28. The smallest absolute Gasteiger partial charge is 0.220 e. The van der Waals surface area contributed by atoms with Gasteiger partial charge in [0.05, 0.1) is 7.11 Å². The molecule has 0 saturated heterocycles. The van der Waals surface area contributed by atoms with Gasteiger partial charge >= 0.3 is 0 Å². The molecule has 0 heterocycles. The van der Waals surface area contributed by atoms with E-state index in [1.165, 1.54) is 10.8 Å². The van der Waals surface area contributed by atoms with Crippen molar-refractivity contribution in [2.45, 2.75) is 19.3 Å². The molecule has 21 heavy (non-hydrogen) atoms. The predicted octanol–water partition coefficient (Wildman–Crippen LogP) is 3.53. The van der Waals surface area contributed by atoms with Gasteiger partial charge in [-0.25, -0.2) is 0 Å². The number of amides is 1. The maximum Gasteiger partial charge on any atom is 0.220 e. The van der Waals surface area contributed by atoms with Gasteiger partial charge in [0.25, 0.3) is 0 Å². The highest BCUT2D eigenvalue weighted by atomic mass is 35.5. The van der Waals surface area contributed by atoms with Crippen molar-refractivity contribution >= 4 is 28.3 Å². The molecule has 2 aromatic carbocycles. The van der Waals surface area contributed by atoms with Crippen LogP contribution >= 0.6 is 11.6 Å². The Hall–Kier alpha value is -1.74. The molecule has 0 aliphatic carbocycles. The Morgan fingerprint density at radius 3 is 2.81 bits per heavy atom. The summed E-state index contributed by atoms with van der Waals surface area (Å²) in [4.78, 5) is 11.6. The van der Waals surface area contributed by atoms with Crippen LogP contribution in [0.25, 0.3) is 10.8 Å². The highest BCUT2D eigenvalue weighted by molar-refractivity contribution is 6.17. The van der Waals surface area contributed by atoms with Crippen LogP contribution in [-0.4, -0.2) is 25.4 Å². The van der Waals surface area contributed by atoms with E-state index in [1.807, 2.05) is 18.2 Å². The molecule has 0 spiro atoms. The second-order valence-electron chi connectivity index (χ2n) is 4.86. The number of hydrogen-bond donors (Lipinski definition) is 1. The van der Waals surface area contributed by atoms with Crippen LogP contribution in [0.1, 0.15) is 18.4 Å². The van der Waals surface area contributed by atoms with E-state index in [4.69, 9.17) is 16.3 Å². The predicted molar refractivity (Wildman–Crippen MR) is 87.2 cm³/mol. The number of fused-ring (bicyclic) bond motifs is 1. The van der Waals surface area contributed by atoms with Gasteiger partial charge in [0.1, 0.15) is 5.75 Å². The minimum absolute atomic E-state index is 0.0508. The van der Waals surface area contributed by atoms with Crippen molar-refractivity contribution in [2.75, 3.05) is 19.5 Å². The lowest BCUT2D eigenvalue weighted by molar-refractivity contribution is -0.121. The summed E-state index contributed by atoms with van der Waals surface area (Å²) in [6.07, 6.45) is 1.94. The van der Waals surface area contributed by atoms with E-state index in [9.17, 15) is 4.79 Å². The van der Waals surface area contributed by atoms with Gasteiger partial charge in [0, 0.05) is 24.4 Å². The third kappa shape index (κ3) is 4.11. The zero-order valence-electron chi connectivity index (χ0n) is 12.2. The third-order valence-electron chi connectivity index (χ3n) is 3.45. The topological polar surface area (TPSA) is 38.3 Å². The summed E-state index contributed by atoms with van der Waals surface area (Å²) in [6, 6.07) is 12.2. The first-order chi connectivity index (χ1) is 10.3. The van der Waals surface area contributed by atoms with Gasteiger partial charge in [-0.15, -0.1) is 11.6 Å². The summed E-state index contributed by atoms with van der Waals surface area (Å²) >= 11 is 5.58. The number of rotatable bonds is 7. The molecule has 2 aromatic rings. The van der Waals surface area contributed by atoms with Crippen LogP contribution in [0, 0.1) is 0 Å². The lowest BCUT2D eigenvalue weighted by atomic mass is 10.0. The summed E-state index contributed by atoms with van der Waals surface area (Å²) in [7, 11) is 1.67. The first-order valence-corrected chi connectivity index (χ1v) is 7.67. The van der Waals surface area contributed by atoms with Crippen molar-refractivity contribution < 1.29 is 9.53 Å². The minimum Gasteiger partial charge on any atom is -0.496 e. The number of benzene rings is 2. The fourth-order valence-electron chi connectivity index (χ4n) is 2.41. The summed E-state index contributed by atoms with van der Waals surface area (Å²) < 4.78 is 5.45. The van der Waals surface area contributed by atoms with Crippen LogP contribution < -0.4 is 10.1 Å². The molecule has 1 amide bonds. The maximum absolute atomic E-state index is 11.6. The van der Waals surface area contributed by atoms with Gasteiger partial charge in [-0.1, -0.05) is 30.3 Å². The van der Waals surface area contributed by atoms with Crippen LogP contribution in [0.4, 0.5) is 0 Å². The largest absolute Gasteiger partial charge is 0.496 e. The molecular weight excluding hydrogens is 286 g/mol. The molecule has 0 bridgehead atoms. The van der Waals surface area contributed by atoms with Crippen molar-refractivity contribution in [1.29, 1.82) is 0 Å². The summed E-state index contributed by atoms with van der Waals surface area (Å²) in [6.45, 7) is 0.603. The normalized spacial score (nSPS) is 10.6. The quantitative estimate of drug-likeness (QED) is 0.795. The number of carbonyl (C=O) groups excluding carboxylic acids is 1. The molecule has 1 N–H and O–H groups in total. The molecule has 0 saturated carbocycles. The molecule has 112 valence electrons. The van der Waals surface area contributed by atoms with E-state index >= 15 is 0 Å². The Balaban J connectivity index is 2.08. The van der Waals surface area contributed by atoms with E-state index in [0.29, 0.717) is 25.3 Å². The van der Waals surface area contributed by atoms with Crippen molar-refractivity contribution in [2.24, 2.45) is 0 Å². The first-order valence-electron chi connectivity index (χ1n) is 7.13. The number of alkyl halides is 1. The van der Waals surface area contributed by atoms with Gasteiger partial charge < -0.3 is 10.1 Å². The van der Waals surface area contributed by atoms with Crippen LogP contribution in [0.5, 0.6) is 5.75 Å². The number of ether oxygens (including phenoxy) is 1. The summed E-state index contributed by atoms with van der Waals surface area (Å²) in [5.41, 5.74) is 1.13. The molecule has 4 heteroatoms. The summed E-state index contributed by atoms with van der Waals surface area (Å²) in [5.74, 6) is 1.43. The Morgan fingerprint density at radius 2 is 2.05 bits per heavy atom. The van der Waals surface area contributed by atoms with Gasteiger partial charge in [-0.05, 0) is 29.7 Å². The highest BCUT2D eigenvalue weighted by Gasteiger charge is 2.08. The average molecular weight is 306 g/mol. The lowest BCUT2D eigenvalue weighted by Gasteiger charge is -2.12. The maximum atomic E-state index is 11.6. The average Bonchev–Trinajstić information content (AvgIpc) is 2.53. The van der Waals surface area contributed by atoms with E-state index < -0.39 is 0 Å². The standard InChI is InChI=1S/C17H20ClNO2/c1-21-16-9-8-13-5-2-3-6-14(13)15(16)10-12-19-17(20)7-4-11-18/h2-3,5-6,8-9H,4,7,10-12H2,1H3,(H,19,20). The van der Waals surface area contributed by atoms with Crippen LogP contribution in [0.2, 0.25) is 0 Å². The molecule has 2 rings (SSSR count). The Labute approximate surface area is 130 Å². The molecule has 0 radical (unpaired) electrons. The number of hydrogen-bond acceptors (Lipinski definition) is 2. The Bertz CT molecular complexity index is 613. The molecule has 0 atom stereocenters. The van der Waals surface area contributed by atoms with Crippen molar-refractivity contribution in [3.8, 4) is 5.75 Å². The third-order valence-corrected chi connectivity index (χ3v) is 3.72. The van der Waals surface area contributed by atoms with E-state index in [-0.39, 0.29) is 5.91 Å². The van der Waals surface area contributed by atoms with Crippen molar-refractivity contribution in [3.63, 3.8) is 0 Å². The second-order valence-corrected chi connectivity index (χ2v) is 5.24. The zero-order chi connectivity index (χ0) is 15.1. The fraction of sp³-hybridized carbons (Fsp3) is 0.353. The highest BCUT2D eigenvalue weighted by Crippen LogP contribution is 2.28. The van der Waals surface area contributed by atoms with Gasteiger partial charge in [0.15, 0.2) is 0 Å². The SMILES string of the molecule is COc1ccc2ccccc2c1CCNC(=O)CCCCl. The molecule has 0 aliphatic heterocycles. The minimum atomic E-state index is 0.0508. The molecule has 3 nitrogen and oxygen atoms in total. The molecular formula is C17H20ClNO2. The second kappa shape index (κ2) is 7.89. The Kier molecular flexibility index (Phi) is 5.88. The molecule has 0 aromatic heterocycles. The van der Waals surface area contributed by atoms with Crippen LogP contribution in [-0.2, 0) is 11.2 Å². The zero-order valence-corrected chi connectivity index (χ0v) is 13.0. The van der Waals surface area contributed by atoms with Gasteiger partial charge in [-0.2, -0.15) is 0 Å². The van der Waals surface area contributed by atoms with Crippen LogP contribution in [0.3, 0.4) is 0 Å². The molecule has 0 unspecified atom stereocenters. The molecule has 0 aliphatic rings. The van der Waals surface area contributed by atoms with Crippen molar-refractivity contribution in [3.05, 3.63) is 42.0 Å². The monoisotopic (exact) mass is 305 g/mol. The van der Waals surface area contributed by atoms with Gasteiger partial charge in [-0.3, -0.25) is 4.79 Å². The molecule has 0 fully saturated rings. The number of carbonyl (C=O) groups is 1. The lowest BCUT2D eigenvalue weighted by Crippen LogP contribution is -2.25. The number of methoxy groups -OCH3 is 1. The van der Waals surface area contributed by atoms with Crippen LogP contribution in [0.15, 0.2) is 36.4 Å². The Morgan fingerprint density at radius 1 is 1.24 bits per heavy atom. The van der Waals surface area contributed by atoms with E-state index in [2.05, 4.69) is 23.5 Å². The van der Waals surface area contributed by atoms with Gasteiger partial charge in [0.2, 0.25) is 5.91 Å². The number of halogens is 1. The van der Waals surface area contributed by atoms with Crippen molar-refractivity contribution in [1.82, 2.24) is 5.32 Å². The first kappa shape index (κ1) is 15.6. The van der Waals surface area contributed by atoms with E-state index in [1.54, 1.807) is 7.11 Å².